The summed E-state index contributed by atoms with van der Waals surface area (Å²) in [5.74, 6) is -1.74. The molecule has 0 spiro atoms. The van der Waals surface area contributed by atoms with Gasteiger partial charge in [-0.2, -0.15) is 0 Å². The summed E-state index contributed by atoms with van der Waals surface area (Å²) in [4.78, 5) is 20.8. The van der Waals surface area contributed by atoms with Gasteiger partial charge in [-0.3, -0.25) is 9.59 Å². The standard InChI is InChI=1S/C9H16O4/c1-3-9(2,6-8(12)13)5-4-7(10)11/h3-6H2,1-2H3,(H,10,11)(H,12,13). The Balaban J connectivity index is 4.10. The molecule has 1 atom stereocenters. The minimum Gasteiger partial charge on any atom is -0.481 e. The van der Waals surface area contributed by atoms with Crippen molar-refractivity contribution >= 4 is 11.9 Å². The zero-order valence-electron chi connectivity index (χ0n) is 8.04. The summed E-state index contributed by atoms with van der Waals surface area (Å²) in [6.07, 6.45) is 1.19. The number of carboxylic acid groups (broad SMARTS) is 2. The topological polar surface area (TPSA) is 74.6 Å². The molecule has 0 aromatic heterocycles. The summed E-state index contributed by atoms with van der Waals surface area (Å²) >= 11 is 0. The van der Waals surface area contributed by atoms with Crippen LogP contribution in [0.1, 0.15) is 39.5 Å². The first-order valence-corrected chi connectivity index (χ1v) is 4.33. The Bertz CT molecular complexity index is 200. The first kappa shape index (κ1) is 11.9. The maximum absolute atomic E-state index is 10.5. The third-order valence-electron chi connectivity index (χ3n) is 2.37. The Hall–Kier alpha value is -1.06. The second-order valence-electron chi connectivity index (χ2n) is 3.63. The maximum atomic E-state index is 10.5. The molecule has 0 aromatic carbocycles. The Kier molecular flexibility index (Phi) is 4.45. The maximum Gasteiger partial charge on any atom is 0.303 e. The van der Waals surface area contributed by atoms with Crippen LogP contribution in [-0.4, -0.2) is 22.2 Å². The molecule has 0 rings (SSSR count). The molecule has 0 saturated heterocycles. The minimum absolute atomic E-state index is 0.0385. The monoisotopic (exact) mass is 188 g/mol. The van der Waals surface area contributed by atoms with Crippen molar-refractivity contribution in [3.05, 3.63) is 0 Å². The molecule has 0 heterocycles. The lowest BCUT2D eigenvalue weighted by molar-refractivity contribution is -0.142. The van der Waals surface area contributed by atoms with Gasteiger partial charge in [0, 0.05) is 6.42 Å². The molecule has 76 valence electrons. The highest BCUT2D eigenvalue weighted by Crippen LogP contribution is 2.31. The highest BCUT2D eigenvalue weighted by molar-refractivity contribution is 5.68. The van der Waals surface area contributed by atoms with Crippen molar-refractivity contribution in [2.75, 3.05) is 0 Å². The molecule has 0 bridgehead atoms. The number of hydrogen-bond donors (Lipinski definition) is 2. The summed E-state index contributed by atoms with van der Waals surface area (Å²) in [6, 6.07) is 0. The zero-order chi connectivity index (χ0) is 10.5. The molecule has 0 amide bonds. The van der Waals surface area contributed by atoms with E-state index < -0.39 is 11.9 Å². The van der Waals surface area contributed by atoms with Crippen molar-refractivity contribution in [3.8, 4) is 0 Å². The van der Waals surface area contributed by atoms with Crippen LogP contribution in [0.4, 0.5) is 0 Å². The van der Waals surface area contributed by atoms with Crippen molar-refractivity contribution in [3.63, 3.8) is 0 Å². The van der Waals surface area contributed by atoms with Gasteiger partial charge >= 0.3 is 11.9 Å². The number of rotatable bonds is 6. The van der Waals surface area contributed by atoms with Crippen LogP contribution >= 0.6 is 0 Å². The van der Waals surface area contributed by atoms with Gasteiger partial charge in [-0.1, -0.05) is 20.3 Å². The second kappa shape index (κ2) is 4.84. The predicted molar refractivity (Wildman–Crippen MR) is 47.5 cm³/mol. The molecular formula is C9H16O4. The normalized spacial score (nSPS) is 14.9. The van der Waals surface area contributed by atoms with Crippen molar-refractivity contribution < 1.29 is 19.8 Å². The van der Waals surface area contributed by atoms with Crippen LogP contribution in [0, 0.1) is 5.41 Å². The number of aliphatic carboxylic acids is 2. The molecule has 0 radical (unpaired) electrons. The Labute approximate surface area is 77.6 Å². The Morgan fingerprint density at radius 1 is 1.23 bits per heavy atom. The van der Waals surface area contributed by atoms with Gasteiger partial charge in [0.15, 0.2) is 0 Å². The van der Waals surface area contributed by atoms with E-state index in [0.717, 1.165) is 0 Å². The van der Waals surface area contributed by atoms with Crippen LogP contribution in [0.5, 0.6) is 0 Å². The van der Waals surface area contributed by atoms with Gasteiger partial charge in [-0.05, 0) is 11.8 Å². The molecule has 0 aromatic rings. The van der Waals surface area contributed by atoms with Crippen molar-refractivity contribution in [2.24, 2.45) is 5.41 Å². The largest absolute Gasteiger partial charge is 0.481 e. The smallest absolute Gasteiger partial charge is 0.303 e. The molecule has 1 unspecified atom stereocenters. The number of carboxylic acids is 2. The fraction of sp³-hybridized carbons (Fsp3) is 0.778. The highest BCUT2D eigenvalue weighted by atomic mass is 16.4. The van der Waals surface area contributed by atoms with E-state index in [0.29, 0.717) is 12.8 Å². The van der Waals surface area contributed by atoms with Crippen LogP contribution in [0.2, 0.25) is 0 Å². The van der Waals surface area contributed by atoms with E-state index in [1.54, 1.807) is 0 Å². The minimum atomic E-state index is -0.870. The molecule has 0 saturated carbocycles. The van der Waals surface area contributed by atoms with Gasteiger partial charge in [-0.25, -0.2) is 0 Å². The van der Waals surface area contributed by atoms with Gasteiger partial charge in [0.25, 0.3) is 0 Å². The summed E-state index contributed by atoms with van der Waals surface area (Å²) in [5.41, 5.74) is -0.385. The first-order chi connectivity index (χ1) is 5.89. The van der Waals surface area contributed by atoms with Gasteiger partial charge < -0.3 is 10.2 Å². The summed E-state index contributed by atoms with van der Waals surface area (Å²) < 4.78 is 0. The van der Waals surface area contributed by atoms with Crippen molar-refractivity contribution in [1.29, 1.82) is 0 Å². The molecule has 0 aliphatic heterocycles. The van der Waals surface area contributed by atoms with Gasteiger partial charge in [-0.15, -0.1) is 0 Å². The summed E-state index contributed by atoms with van der Waals surface area (Å²) in [7, 11) is 0. The second-order valence-corrected chi connectivity index (χ2v) is 3.63. The third kappa shape index (κ3) is 5.22. The van der Waals surface area contributed by atoms with Gasteiger partial charge in [0.2, 0.25) is 0 Å². The highest BCUT2D eigenvalue weighted by Gasteiger charge is 2.25. The molecule has 0 aliphatic carbocycles. The molecule has 13 heavy (non-hydrogen) atoms. The van der Waals surface area contributed by atoms with E-state index in [2.05, 4.69) is 0 Å². The summed E-state index contributed by atoms with van der Waals surface area (Å²) in [6.45, 7) is 3.69. The third-order valence-corrected chi connectivity index (χ3v) is 2.37. The van der Waals surface area contributed by atoms with Crippen LogP contribution in [0.3, 0.4) is 0 Å². The van der Waals surface area contributed by atoms with E-state index in [1.807, 2.05) is 13.8 Å². The van der Waals surface area contributed by atoms with Crippen molar-refractivity contribution in [1.82, 2.24) is 0 Å². The molecule has 2 N–H and O–H groups in total. The van der Waals surface area contributed by atoms with Gasteiger partial charge in [0.1, 0.15) is 0 Å². The molecule has 0 aliphatic rings. The Morgan fingerprint density at radius 2 is 1.77 bits per heavy atom. The first-order valence-electron chi connectivity index (χ1n) is 4.33. The van der Waals surface area contributed by atoms with Gasteiger partial charge in [0.05, 0.1) is 6.42 Å². The van der Waals surface area contributed by atoms with E-state index in [1.165, 1.54) is 0 Å². The molecule has 4 heteroatoms. The van der Waals surface area contributed by atoms with Crippen LogP contribution in [-0.2, 0) is 9.59 Å². The van der Waals surface area contributed by atoms with E-state index >= 15 is 0 Å². The van der Waals surface area contributed by atoms with E-state index in [4.69, 9.17) is 10.2 Å². The van der Waals surface area contributed by atoms with E-state index in [-0.39, 0.29) is 18.3 Å². The van der Waals surface area contributed by atoms with E-state index in [9.17, 15) is 9.59 Å². The molecule has 4 nitrogen and oxygen atoms in total. The lowest BCUT2D eigenvalue weighted by Crippen LogP contribution is -2.21. The lowest BCUT2D eigenvalue weighted by atomic mass is 9.80. The molecular weight excluding hydrogens is 172 g/mol. The van der Waals surface area contributed by atoms with Crippen molar-refractivity contribution in [2.45, 2.75) is 39.5 Å². The predicted octanol–water partition coefficient (Wildman–Crippen LogP) is 1.74. The zero-order valence-corrected chi connectivity index (χ0v) is 8.04. The van der Waals surface area contributed by atoms with Crippen LogP contribution < -0.4 is 0 Å². The fourth-order valence-electron chi connectivity index (χ4n) is 1.16. The number of carbonyl (C=O) groups is 2. The average Bonchev–Trinajstić information content (AvgIpc) is 2.00. The Morgan fingerprint density at radius 3 is 2.08 bits per heavy atom. The fourth-order valence-corrected chi connectivity index (χ4v) is 1.16. The summed E-state index contributed by atoms with van der Waals surface area (Å²) in [5, 5.41) is 17.1. The van der Waals surface area contributed by atoms with Crippen LogP contribution in [0.25, 0.3) is 0 Å². The number of hydrogen-bond acceptors (Lipinski definition) is 2. The van der Waals surface area contributed by atoms with Crippen LogP contribution in [0.15, 0.2) is 0 Å². The lowest BCUT2D eigenvalue weighted by Gasteiger charge is -2.25. The average molecular weight is 188 g/mol. The quantitative estimate of drug-likeness (QED) is 0.665. The molecule has 0 fully saturated rings. The SMILES string of the molecule is CCC(C)(CCC(=O)O)CC(=O)O.